The van der Waals surface area contributed by atoms with Crippen LogP contribution in [0.25, 0.3) is 6.08 Å². The predicted molar refractivity (Wildman–Crippen MR) is 87.8 cm³/mol. The molecule has 0 aromatic heterocycles. The number of ether oxygens (including phenoxy) is 1. The van der Waals surface area contributed by atoms with Gasteiger partial charge in [0.05, 0.1) is 0 Å². The molecule has 0 N–H and O–H groups in total. The van der Waals surface area contributed by atoms with Crippen LogP contribution in [0.4, 0.5) is 0 Å². The Morgan fingerprint density at radius 2 is 1.77 bits per heavy atom. The highest BCUT2D eigenvalue weighted by Gasteiger charge is 2.22. The minimum Gasteiger partial charge on any atom is -0.406 e. The third kappa shape index (κ3) is 3.43. The van der Waals surface area contributed by atoms with Gasteiger partial charge < -0.3 is 4.74 Å². The largest absolute Gasteiger partial charge is 0.406 e. The van der Waals surface area contributed by atoms with Gasteiger partial charge in [-0.2, -0.15) is 0 Å². The van der Waals surface area contributed by atoms with Crippen molar-refractivity contribution >= 4 is 29.5 Å². The first-order valence-corrected chi connectivity index (χ1v) is 7.30. The van der Waals surface area contributed by atoms with Crippen molar-refractivity contribution in [2.45, 2.75) is 13.3 Å². The first-order valence-electron chi connectivity index (χ1n) is 6.93. The summed E-state index contributed by atoms with van der Waals surface area (Å²) in [6, 6.07) is 15.3. The molecular formula is C18H14ClNO2. The average molecular weight is 312 g/mol. The van der Waals surface area contributed by atoms with Crippen molar-refractivity contribution in [3.8, 4) is 0 Å². The van der Waals surface area contributed by atoms with E-state index in [4.69, 9.17) is 16.3 Å². The van der Waals surface area contributed by atoms with Crippen molar-refractivity contribution in [1.82, 2.24) is 0 Å². The Morgan fingerprint density at radius 3 is 2.45 bits per heavy atom. The van der Waals surface area contributed by atoms with Crippen LogP contribution >= 0.6 is 11.6 Å². The highest BCUT2D eigenvalue weighted by atomic mass is 35.5. The van der Waals surface area contributed by atoms with E-state index in [9.17, 15) is 4.79 Å². The standard InChI is InChI=1S/C18H14ClNO2/c1-12-2-4-13(5-3-12)10-16-18(21)22-17(20-16)11-14-6-8-15(19)9-7-14/h2-10H,11H2,1H3/b16-10+. The number of aryl methyl sites for hydroxylation is 1. The molecule has 0 bridgehead atoms. The molecule has 4 heteroatoms. The summed E-state index contributed by atoms with van der Waals surface area (Å²) in [5.41, 5.74) is 3.41. The highest BCUT2D eigenvalue weighted by molar-refractivity contribution is 6.30. The third-order valence-corrected chi connectivity index (χ3v) is 3.57. The van der Waals surface area contributed by atoms with Gasteiger partial charge in [0.2, 0.25) is 5.90 Å². The number of esters is 1. The van der Waals surface area contributed by atoms with E-state index in [0.29, 0.717) is 23.0 Å². The van der Waals surface area contributed by atoms with E-state index >= 15 is 0 Å². The lowest BCUT2D eigenvalue weighted by Gasteiger charge is -1.99. The van der Waals surface area contributed by atoms with Crippen LogP contribution in [-0.2, 0) is 16.0 Å². The quantitative estimate of drug-likeness (QED) is 0.630. The Bertz CT molecular complexity index is 759. The molecule has 3 nitrogen and oxygen atoms in total. The molecule has 110 valence electrons. The van der Waals surface area contributed by atoms with Crippen molar-refractivity contribution in [1.29, 1.82) is 0 Å². The molecule has 22 heavy (non-hydrogen) atoms. The SMILES string of the molecule is Cc1ccc(/C=C2/N=C(Cc3ccc(Cl)cc3)OC2=O)cc1. The van der Waals surface area contributed by atoms with Gasteiger partial charge in [0.15, 0.2) is 5.70 Å². The molecule has 0 unspecified atom stereocenters. The number of hydrogen-bond donors (Lipinski definition) is 0. The zero-order valence-electron chi connectivity index (χ0n) is 12.0. The zero-order chi connectivity index (χ0) is 15.5. The molecule has 3 rings (SSSR count). The van der Waals surface area contributed by atoms with Gasteiger partial charge in [0.25, 0.3) is 0 Å². The summed E-state index contributed by atoms with van der Waals surface area (Å²) in [5.74, 6) is -0.00442. The Balaban J connectivity index is 1.79. The number of benzene rings is 2. The van der Waals surface area contributed by atoms with Crippen LogP contribution in [-0.4, -0.2) is 11.9 Å². The fourth-order valence-corrected chi connectivity index (χ4v) is 2.25. The lowest BCUT2D eigenvalue weighted by molar-refractivity contribution is -0.130. The molecule has 0 fully saturated rings. The van der Waals surface area contributed by atoms with Crippen molar-refractivity contribution < 1.29 is 9.53 Å². The van der Waals surface area contributed by atoms with Crippen molar-refractivity contribution in [2.24, 2.45) is 4.99 Å². The minimum absolute atomic E-state index is 0.327. The number of nitrogens with zero attached hydrogens (tertiary/aromatic N) is 1. The van der Waals surface area contributed by atoms with E-state index in [1.54, 1.807) is 18.2 Å². The first-order chi connectivity index (χ1) is 10.6. The molecule has 0 saturated carbocycles. The van der Waals surface area contributed by atoms with E-state index in [2.05, 4.69) is 4.99 Å². The van der Waals surface area contributed by atoms with Crippen LogP contribution in [0.2, 0.25) is 5.02 Å². The van der Waals surface area contributed by atoms with Gasteiger partial charge in [-0.15, -0.1) is 0 Å². The second kappa shape index (κ2) is 6.16. The second-order valence-corrected chi connectivity index (χ2v) is 5.58. The molecule has 2 aromatic rings. The fourth-order valence-electron chi connectivity index (χ4n) is 2.13. The number of halogens is 1. The van der Waals surface area contributed by atoms with Crippen molar-refractivity contribution in [3.05, 3.63) is 75.9 Å². The summed E-state index contributed by atoms with van der Waals surface area (Å²) in [5, 5.41) is 0.675. The monoisotopic (exact) mass is 311 g/mol. The molecule has 0 radical (unpaired) electrons. The highest BCUT2D eigenvalue weighted by Crippen LogP contribution is 2.18. The number of carbonyl (C=O) groups excluding carboxylic acids is 1. The van der Waals surface area contributed by atoms with Crippen molar-refractivity contribution in [3.63, 3.8) is 0 Å². The molecule has 1 aliphatic rings. The van der Waals surface area contributed by atoms with E-state index in [0.717, 1.165) is 11.1 Å². The summed E-state index contributed by atoms with van der Waals surface area (Å²) in [6.45, 7) is 2.02. The van der Waals surface area contributed by atoms with Gasteiger partial charge in [-0.1, -0.05) is 53.6 Å². The lowest BCUT2D eigenvalue weighted by atomic mass is 10.1. The Kier molecular flexibility index (Phi) is 4.07. The summed E-state index contributed by atoms with van der Waals surface area (Å²) in [7, 11) is 0. The minimum atomic E-state index is -0.412. The molecule has 1 heterocycles. The van der Waals surface area contributed by atoms with E-state index in [1.807, 2.05) is 43.3 Å². The number of hydrogen-bond acceptors (Lipinski definition) is 3. The topological polar surface area (TPSA) is 38.7 Å². The second-order valence-electron chi connectivity index (χ2n) is 5.14. The van der Waals surface area contributed by atoms with Gasteiger partial charge in [0, 0.05) is 11.4 Å². The molecule has 0 amide bonds. The smallest absolute Gasteiger partial charge is 0.363 e. The van der Waals surface area contributed by atoms with Crippen LogP contribution in [0.5, 0.6) is 0 Å². The van der Waals surface area contributed by atoms with Crippen molar-refractivity contribution in [2.75, 3.05) is 0 Å². The maximum absolute atomic E-state index is 11.9. The van der Waals surface area contributed by atoms with Gasteiger partial charge in [-0.05, 0) is 36.3 Å². The molecule has 0 spiro atoms. The number of aliphatic imine (C=N–C) groups is 1. The third-order valence-electron chi connectivity index (χ3n) is 3.31. The van der Waals surface area contributed by atoms with Gasteiger partial charge >= 0.3 is 5.97 Å². The number of cyclic esters (lactones) is 1. The van der Waals surface area contributed by atoms with Crippen LogP contribution in [0, 0.1) is 6.92 Å². The molecule has 2 aromatic carbocycles. The molecule has 0 saturated heterocycles. The van der Waals surface area contributed by atoms with Gasteiger partial charge in [0.1, 0.15) is 0 Å². The van der Waals surface area contributed by atoms with Crippen LogP contribution in [0.3, 0.4) is 0 Å². The molecule has 0 atom stereocenters. The zero-order valence-corrected chi connectivity index (χ0v) is 12.8. The Morgan fingerprint density at radius 1 is 1.09 bits per heavy atom. The van der Waals surface area contributed by atoms with Crippen LogP contribution < -0.4 is 0 Å². The van der Waals surface area contributed by atoms with Crippen LogP contribution in [0.15, 0.2) is 59.2 Å². The maximum atomic E-state index is 11.9. The lowest BCUT2D eigenvalue weighted by Crippen LogP contribution is -2.06. The summed E-state index contributed by atoms with van der Waals surface area (Å²) >= 11 is 5.85. The van der Waals surface area contributed by atoms with E-state index in [1.165, 1.54) is 5.56 Å². The maximum Gasteiger partial charge on any atom is 0.363 e. The average Bonchev–Trinajstić information content (AvgIpc) is 2.84. The first kappa shape index (κ1) is 14.5. The predicted octanol–water partition coefficient (Wildman–Crippen LogP) is 4.19. The Labute approximate surface area is 133 Å². The van der Waals surface area contributed by atoms with Gasteiger partial charge in [-0.25, -0.2) is 9.79 Å². The Hall–Kier alpha value is -2.39. The fraction of sp³-hybridized carbons (Fsp3) is 0.111. The molecular weight excluding hydrogens is 298 g/mol. The summed E-state index contributed by atoms with van der Waals surface area (Å²) in [6.07, 6.45) is 2.20. The number of carbonyl (C=O) groups is 1. The normalized spacial score (nSPS) is 15.8. The molecule has 1 aliphatic heterocycles. The van der Waals surface area contributed by atoms with E-state index in [-0.39, 0.29) is 0 Å². The van der Waals surface area contributed by atoms with Crippen LogP contribution in [0.1, 0.15) is 16.7 Å². The molecule has 0 aliphatic carbocycles. The summed E-state index contributed by atoms with van der Waals surface area (Å²) < 4.78 is 5.21. The van der Waals surface area contributed by atoms with E-state index < -0.39 is 5.97 Å². The summed E-state index contributed by atoms with van der Waals surface area (Å²) in [4.78, 5) is 16.2. The number of rotatable bonds is 3. The van der Waals surface area contributed by atoms with Gasteiger partial charge in [-0.3, -0.25) is 0 Å².